The van der Waals surface area contributed by atoms with Crippen molar-refractivity contribution in [2.75, 3.05) is 5.73 Å². The summed E-state index contributed by atoms with van der Waals surface area (Å²) in [6.45, 7) is 2.21. The summed E-state index contributed by atoms with van der Waals surface area (Å²) in [6.07, 6.45) is 0. The highest BCUT2D eigenvalue weighted by Gasteiger charge is 2.22. The summed E-state index contributed by atoms with van der Waals surface area (Å²) in [5.74, 6) is -3.46. The Kier molecular flexibility index (Phi) is 3.88. The highest BCUT2D eigenvalue weighted by atomic mass is 16.6. The van der Waals surface area contributed by atoms with Gasteiger partial charge in [-0.25, -0.2) is 4.79 Å². The number of aromatic carboxylic acids is 1. The zero-order valence-corrected chi connectivity index (χ0v) is 9.72. The van der Waals surface area contributed by atoms with Crippen LogP contribution in [0.4, 0.5) is 5.69 Å². The van der Waals surface area contributed by atoms with E-state index in [0.717, 1.165) is 19.9 Å². The van der Waals surface area contributed by atoms with Crippen molar-refractivity contribution >= 4 is 23.6 Å². The Morgan fingerprint density at radius 2 is 1.56 bits per heavy atom. The molecule has 0 saturated heterocycles. The zero-order chi connectivity index (χ0) is 13.9. The van der Waals surface area contributed by atoms with E-state index < -0.39 is 17.9 Å². The van der Waals surface area contributed by atoms with E-state index in [9.17, 15) is 14.4 Å². The molecule has 0 heterocycles. The first-order chi connectivity index (χ1) is 8.32. The van der Waals surface area contributed by atoms with Gasteiger partial charge in [0, 0.05) is 13.8 Å². The van der Waals surface area contributed by atoms with E-state index in [4.69, 9.17) is 20.3 Å². The van der Waals surface area contributed by atoms with Crippen LogP contribution in [0.2, 0.25) is 0 Å². The van der Waals surface area contributed by atoms with Gasteiger partial charge in [-0.15, -0.1) is 0 Å². The topological polar surface area (TPSA) is 116 Å². The molecule has 0 aliphatic carbocycles. The third-order valence-corrected chi connectivity index (χ3v) is 1.86. The Balaban J connectivity index is 3.43. The number of carbonyl (C=O) groups excluding carboxylic acids is 2. The van der Waals surface area contributed by atoms with E-state index in [1.54, 1.807) is 0 Å². The second-order valence-electron chi connectivity index (χ2n) is 3.35. The van der Waals surface area contributed by atoms with Gasteiger partial charge in [-0.1, -0.05) is 0 Å². The van der Waals surface area contributed by atoms with Gasteiger partial charge in [0.1, 0.15) is 5.56 Å². The van der Waals surface area contributed by atoms with Crippen molar-refractivity contribution < 1.29 is 29.0 Å². The molecule has 3 N–H and O–H groups in total. The van der Waals surface area contributed by atoms with E-state index in [1.165, 1.54) is 6.07 Å². The molecule has 0 fully saturated rings. The molecule has 1 aromatic carbocycles. The van der Waals surface area contributed by atoms with Gasteiger partial charge in [0.15, 0.2) is 11.5 Å². The Hall–Kier alpha value is -2.57. The van der Waals surface area contributed by atoms with Crippen LogP contribution in [0.25, 0.3) is 0 Å². The number of anilines is 1. The maximum atomic E-state index is 11.0. The molecule has 0 radical (unpaired) electrons. The normalized spacial score (nSPS) is 9.67. The lowest BCUT2D eigenvalue weighted by atomic mass is 10.1. The average molecular weight is 253 g/mol. The minimum atomic E-state index is -1.33. The fourth-order valence-corrected chi connectivity index (χ4v) is 1.24. The molecule has 0 aliphatic heterocycles. The zero-order valence-electron chi connectivity index (χ0n) is 9.72. The van der Waals surface area contributed by atoms with Crippen molar-refractivity contribution in [3.8, 4) is 11.5 Å². The van der Waals surface area contributed by atoms with Crippen LogP contribution in [0, 0.1) is 0 Å². The lowest BCUT2D eigenvalue weighted by molar-refractivity contribution is -0.134. The third kappa shape index (κ3) is 2.97. The second kappa shape index (κ2) is 5.17. The first kappa shape index (κ1) is 13.5. The Morgan fingerprint density at radius 1 is 1.06 bits per heavy atom. The van der Waals surface area contributed by atoms with E-state index in [2.05, 4.69) is 0 Å². The van der Waals surface area contributed by atoms with Crippen LogP contribution in [-0.4, -0.2) is 23.0 Å². The van der Waals surface area contributed by atoms with Gasteiger partial charge in [0.05, 0.1) is 5.69 Å². The molecular weight excluding hydrogens is 242 g/mol. The predicted molar refractivity (Wildman–Crippen MR) is 60.4 cm³/mol. The summed E-state index contributed by atoms with van der Waals surface area (Å²) in [5.41, 5.74) is 5.22. The molecule has 0 spiro atoms. The average Bonchev–Trinajstić information content (AvgIpc) is 2.21. The largest absolute Gasteiger partial charge is 0.478 e. The summed E-state index contributed by atoms with van der Waals surface area (Å²) < 4.78 is 9.51. The molecule has 1 rings (SSSR count). The van der Waals surface area contributed by atoms with Crippen LogP contribution in [0.3, 0.4) is 0 Å². The van der Waals surface area contributed by atoms with Gasteiger partial charge >= 0.3 is 17.9 Å². The van der Waals surface area contributed by atoms with Gasteiger partial charge in [-0.3, -0.25) is 9.59 Å². The van der Waals surface area contributed by atoms with E-state index in [-0.39, 0.29) is 22.7 Å². The van der Waals surface area contributed by atoms with Crippen LogP contribution >= 0.6 is 0 Å². The number of carboxylic acid groups (broad SMARTS) is 1. The van der Waals surface area contributed by atoms with Crippen molar-refractivity contribution in [3.05, 3.63) is 17.7 Å². The smallest absolute Gasteiger partial charge is 0.339 e. The maximum absolute atomic E-state index is 11.0. The van der Waals surface area contributed by atoms with Crippen molar-refractivity contribution in [2.24, 2.45) is 0 Å². The molecule has 7 nitrogen and oxygen atoms in total. The molecule has 0 bridgehead atoms. The van der Waals surface area contributed by atoms with Crippen LogP contribution < -0.4 is 15.2 Å². The first-order valence-electron chi connectivity index (χ1n) is 4.85. The molecule has 7 heteroatoms. The highest BCUT2D eigenvalue weighted by molar-refractivity contribution is 5.95. The van der Waals surface area contributed by atoms with Gasteiger partial charge in [0.25, 0.3) is 0 Å². The van der Waals surface area contributed by atoms with Gasteiger partial charge in [0.2, 0.25) is 0 Å². The number of carboxylic acids is 1. The van der Waals surface area contributed by atoms with Gasteiger partial charge in [-0.05, 0) is 12.1 Å². The summed E-state index contributed by atoms with van der Waals surface area (Å²) >= 11 is 0. The maximum Gasteiger partial charge on any atom is 0.339 e. The predicted octanol–water partition coefficient (Wildman–Crippen LogP) is 0.818. The third-order valence-electron chi connectivity index (χ3n) is 1.86. The number of hydrogen-bond acceptors (Lipinski definition) is 6. The summed E-state index contributed by atoms with van der Waals surface area (Å²) in [7, 11) is 0. The van der Waals surface area contributed by atoms with Gasteiger partial charge in [-0.2, -0.15) is 0 Å². The molecule has 96 valence electrons. The summed E-state index contributed by atoms with van der Waals surface area (Å²) in [4.78, 5) is 32.8. The quantitative estimate of drug-likeness (QED) is 0.465. The molecule has 1 aromatic rings. The Labute approximate surface area is 102 Å². The minimum absolute atomic E-state index is 0.00792. The number of benzene rings is 1. The molecular formula is C11H11NO6. The van der Waals surface area contributed by atoms with Crippen LogP contribution in [0.5, 0.6) is 11.5 Å². The van der Waals surface area contributed by atoms with Crippen molar-refractivity contribution in [2.45, 2.75) is 13.8 Å². The van der Waals surface area contributed by atoms with E-state index in [0.29, 0.717) is 0 Å². The number of nitrogen functional groups attached to an aromatic ring is 1. The van der Waals surface area contributed by atoms with E-state index in [1.807, 2.05) is 0 Å². The second-order valence-corrected chi connectivity index (χ2v) is 3.35. The van der Waals surface area contributed by atoms with Crippen LogP contribution in [0.15, 0.2) is 12.1 Å². The van der Waals surface area contributed by atoms with Crippen molar-refractivity contribution in [1.82, 2.24) is 0 Å². The number of carbonyl (C=O) groups is 3. The highest BCUT2D eigenvalue weighted by Crippen LogP contribution is 2.37. The monoisotopic (exact) mass is 253 g/mol. The molecule has 18 heavy (non-hydrogen) atoms. The van der Waals surface area contributed by atoms with E-state index >= 15 is 0 Å². The number of nitrogens with two attached hydrogens (primary N) is 1. The summed E-state index contributed by atoms with van der Waals surface area (Å²) in [6, 6.07) is 2.40. The Bertz CT molecular complexity index is 523. The van der Waals surface area contributed by atoms with Crippen molar-refractivity contribution in [3.63, 3.8) is 0 Å². The molecule has 0 unspecified atom stereocenters. The lowest BCUT2D eigenvalue weighted by Gasteiger charge is -2.13. The van der Waals surface area contributed by atoms with Crippen LogP contribution in [-0.2, 0) is 9.59 Å². The fourth-order valence-electron chi connectivity index (χ4n) is 1.24. The fraction of sp³-hybridized carbons (Fsp3) is 0.182. The lowest BCUT2D eigenvalue weighted by Crippen LogP contribution is -2.12. The Morgan fingerprint density at radius 3 is 2.00 bits per heavy atom. The molecule has 0 atom stereocenters. The first-order valence-corrected chi connectivity index (χ1v) is 4.85. The SMILES string of the molecule is CC(=O)Oc1c(N)ccc(C(=O)O)c1OC(C)=O. The molecule has 0 aliphatic rings. The van der Waals surface area contributed by atoms with Crippen molar-refractivity contribution in [1.29, 1.82) is 0 Å². The molecule has 0 saturated carbocycles. The van der Waals surface area contributed by atoms with Crippen LogP contribution in [0.1, 0.15) is 24.2 Å². The molecule has 0 aromatic heterocycles. The van der Waals surface area contributed by atoms with Gasteiger partial charge < -0.3 is 20.3 Å². The number of hydrogen-bond donors (Lipinski definition) is 2. The number of esters is 2. The molecule has 0 amide bonds. The number of rotatable bonds is 3. The summed E-state index contributed by atoms with van der Waals surface area (Å²) in [5, 5.41) is 8.96. The minimum Gasteiger partial charge on any atom is -0.478 e. The number of ether oxygens (including phenoxy) is 2. The standard InChI is InChI=1S/C11H11NO6/c1-5(13)17-9-7(11(15)16)3-4-8(12)10(9)18-6(2)14/h3-4H,12H2,1-2H3,(H,15,16).